The highest BCUT2D eigenvalue weighted by Crippen LogP contribution is 2.08. The number of carboxylic acids is 1. The van der Waals surface area contributed by atoms with Crippen LogP contribution in [0.3, 0.4) is 0 Å². The fraction of sp³-hybridized carbons (Fsp3) is 0.357. The summed E-state index contributed by atoms with van der Waals surface area (Å²) < 4.78 is 1.35. The maximum Gasteiger partial charge on any atom is 0.326 e. The fourth-order valence-corrected chi connectivity index (χ4v) is 2.12. The van der Waals surface area contributed by atoms with Crippen molar-refractivity contribution in [2.24, 2.45) is 5.92 Å². The molecule has 7 nitrogen and oxygen atoms in total. The summed E-state index contributed by atoms with van der Waals surface area (Å²) in [7, 11) is 0. The van der Waals surface area contributed by atoms with Crippen LogP contribution >= 0.6 is 0 Å². The summed E-state index contributed by atoms with van der Waals surface area (Å²) in [5, 5.41) is 11.3. The number of hydrogen-bond donors (Lipinski definition) is 3. The molecule has 2 rings (SSSR count). The molecule has 21 heavy (non-hydrogen) atoms. The Balaban J connectivity index is 2.00. The van der Waals surface area contributed by atoms with Crippen molar-refractivity contribution in [2.45, 2.75) is 19.9 Å². The van der Waals surface area contributed by atoms with Gasteiger partial charge in [0.1, 0.15) is 6.54 Å². The summed E-state index contributed by atoms with van der Waals surface area (Å²) in [6, 6.07) is 7.11. The van der Waals surface area contributed by atoms with Crippen LogP contribution in [0.4, 0.5) is 0 Å². The Morgan fingerprint density at radius 3 is 2.81 bits per heavy atom. The summed E-state index contributed by atoms with van der Waals surface area (Å²) in [6.45, 7) is 1.91. The summed E-state index contributed by atoms with van der Waals surface area (Å²) in [4.78, 5) is 36.9. The van der Waals surface area contributed by atoms with Gasteiger partial charge in [-0.05, 0) is 18.1 Å². The molecule has 0 saturated carbocycles. The molecule has 0 bridgehead atoms. The average molecular weight is 291 g/mol. The lowest BCUT2D eigenvalue weighted by atomic mass is 10.1. The van der Waals surface area contributed by atoms with E-state index in [4.69, 9.17) is 5.11 Å². The molecule has 0 radical (unpaired) electrons. The number of aromatic nitrogens is 2. The fourth-order valence-electron chi connectivity index (χ4n) is 2.12. The molecule has 1 aromatic carbocycles. The zero-order valence-electron chi connectivity index (χ0n) is 11.6. The number of imidazole rings is 1. The number of fused-ring (bicyclic) bond motifs is 1. The van der Waals surface area contributed by atoms with Crippen LogP contribution in [0.2, 0.25) is 0 Å². The molecule has 1 heterocycles. The molecular weight excluding hydrogens is 274 g/mol. The van der Waals surface area contributed by atoms with Gasteiger partial charge in [0, 0.05) is 13.0 Å². The molecule has 0 fully saturated rings. The van der Waals surface area contributed by atoms with E-state index in [9.17, 15) is 14.4 Å². The highest BCUT2D eigenvalue weighted by atomic mass is 16.4. The second kappa shape index (κ2) is 6.25. The van der Waals surface area contributed by atoms with Gasteiger partial charge >= 0.3 is 11.7 Å². The monoisotopic (exact) mass is 291 g/mol. The van der Waals surface area contributed by atoms with Crippen LogP contribution in [0.15, 0.2) is 29.1 Å². The number of aromatic amines is 1. The van der Waals surface area contributed by atoms with Crippen LogP contribution in [-0.2, 0) is 16.1 Å². The van der Waals surface area contributed by atoms with E-state index in [1.165, 1.54) is 4.57 Å². The predicted octanol–water partition coefficient (Wildman–Crippen LogP) is 0.557. The van der Waals surface area contributed by atoms with E-state index in [-0.39, 0.29) is 37.0 Å². The number of carbonyl (C=O) groups excluding carboxylic acids is 1. The molecule has 1 aromatic heterocycles. The SMILES string of the molecule is CC(CNC(=O)Cn1c(=O)[nH]c2ccccc21)CC(=O)O. The normalized spacial score (nSPS) is 12.2. The summed E-state index contributed by atoms with van der Waals surface area (Å²) in [6.07, 6.45) is -0.00663. The minimum absolute atomic E-state index is 0.00663. The number of H-pyrrole nitrogens is 1. The topological polar surface area (TPSA) is 104 Å². The van der Waals surface area contributed by atoms with E-state index in [0.717, 1.165) is 0 Å². The van der Waals surface area contributed by atoms with E-state index in [1.54, 1.807) is 31.2 Å². The summed E-state index contributed by atoms with van der Waals surface area (Å²) in [5.41, 5.74) is 0.996. The summed E-state index contributed by atoms with van der Waals surface area (Å²) in [5.74, 6) is -1.38. The first-order valence-corrected chi connectivity index (χ1v) is 6.63. The third-order valence-electron chi connectivity index (χ3n) is 3.15. The lowest BCUT2D eigenvalue weighted by Gasteiger charge is -2.10. The Morgan fingerprint density at radius 1 is 1.38 bits per heavy atom. The molecule has 1 amide bonds. The Morgan fingerprint density at radius 2 is 2.10 bits per heavy atom. The van der Waals surface area contributed by atoms with Gasteiger partial charge in [-0.3, -0.25) is 14.2 Å². The highest BCUT2D eigenvalue weighted by molar-refractivity contribution is 5.80. The number of aliphatic carboxylic acids is 1. The van der Waals surface area contributed by atoms with Gasteiger partial charge in [-0.15, -0.1) is 0 Å². The molecule has 0 saturated heterocycles. The lowest BCUT2D eigenvalue weighted by Crippen LogP contribution is -2.34. The van der Waals surface area contributed by atoms with Crippen molar-refractivity contribution in [2.75, 3.05) is 6.54 Å². The highest BCUT2D eigenvalue weighted by Gasteiger charge is 2.12. The van der Waals surface area contributed by atoms with Gasteiger partial charge in [0.25, 0.3) is 0 Å². The molecule has 3 N–H and O–H groups in total. The van der Waals surface area contributed by atoms with E-state index < -0.39 is 5.97 Å². The maximum absolute atomic E-state index is 11.9. The van der Waals surface area contributed by atoms with Crippen molar-refractivity contribution in [1.29, 1.82) is 0 Å². The number of hydrogen-bond acceptors (Lipinski definition) is 3. The van der Waals surface area contributed by atoms with Crippen LogP contribution in [-0.4, -0.2) is 33.1 Å². The van der Waals surface area contributed by atoms with Gasteiger partial charge in [0.05, 0.1) is 11.0 Å². The minimum atomic E-state index is -0.899. The van der Waals surface area contributed by atoms with E-state index in [2.05, 4.69) is 10.3 Å². The van der Waals surface area contributed by atoms with Crippen molar-refractivity contribution < 1.29 is 14.7 Å². The molecule has 1 atom stereocenters. The van der Waals surface area contributed by atoms with Gasteiger partial charge in [0.15, 0.2) is 0 Å². The largest absolute Gasteiger partial charge is 0.481 e. The third kappa shape index (κ3) is 3.71. The minimum Gasteiger partial charge on any atom is -0.481 e. The smallest absolute Gasteiger partial charge is 0.326 e. The van der Waals surface area contributed by atoms with E-state index in [1.807, 2.05) is 0 Å². The van der Waals surface area contributed by atoms with Crippen molar-refractivity contribution >= 4 is 22.9 Å². The van der Waals surface area contributed by atoms with Crippen LogP contribution < -0.4 is 11.0 Å². The van der Waals surface area contributed by atoms with Crippen molar-refractivity contribution in [3.05, 3.63) is 34.7 Å². The van der Waals surface area contributed by atoms with Crippen LogP contribution in [0.25, 0.3) is 11.0 Å². The molecular formula is C14H17N3O4. The molecule has 0 spiro atoms. The Labute approximate surface area is 120 Å². The Hall–Kier alpha value is -2.57. The molecule has 7 heteroatoms. The number of benzene rings is 1. The first kappa shape index (κ1) is 14.8. The number of para-hydroxylation sites is 2. The van der Waals surface area contributed by atoms with Crippen LogP contribution in [0.5, 0.6) is 0 Å². The second-order valence-corrected chi connectivity index (χ2v) is 5.04. The van der Waals surface area contributed by atoms with Gasteiger partial charge in [-0.2, -0.15) is 0 Å². The standard InChI is InChI=1S/C14H17N3O4/c1-9(6-13(19)20)7-15-12(18)8-17-11-5-3-2-4-10(11)16-14(17)21/h2-5,9H,6-8H2,1H3,(H,15,18)(H,16,21)(H,19,20). The second-order valence-electron chi connectivity index (χ2n) is 5.04. The van der Waals surface area contributed by atoms with Gasteiger partial charge < -0.3 is 15.4 Å². The molecule has 0 aliphatic rings. The average Bonchev–Trinajstić information content (AvgIpc) is 2.72. The maximum atomic E-state index is 11.9. The first-order chi connectivity index (χ1) is 9.97. The van der Waals surface area contributed by atoms with Gasteiger partial charge in [-0.1, -0.05) is 19.1 Å². The predicted molar refractivity (Wildman–Crippen MR) is 77.0 cm³/mol. The first-order valence-electron chi connectivity index (χ1n) is 6.63. The van der Waals surface area contributed by atoms with Crippen molar-refractivity contribution in [3.8, 4) is 0 Å². The quantitative estimate of drug-likeness (QED) is 0.723. The molecule has 0 aliphatic heterocycles. The lowest BCUT2D eigenvalue weighted by molar-refractivity contribution is -0.138. The summed E-state index contributed by atoms with van der Waals surface area (Å²) >= 11 is 0. The van der Waals surface area contributed by atoms with Crippen molar-refractivity contribution in [1.82, 2.24) is 14.9 Å². The molecule has 0 aliphatic carbocycles. The zero-order chi connectivity index (χ0) is 15.4. The molecule has 1 unspecified atom stereocenters. The Bertz CT molecular complexity index is 716. The zero-order valence-corrected chi connectivity index (χ0v) is 11.6. The number of rotatable bonds is 6. The number of amides is 1. The van der Waals surface area contributed by atoms with Gasteiger partial charge in [-0.25, -0.2) is 4.79 Å². The van der Waals surface area contributed by atoms with E-state index in [0.29, 0.717) is 11.0 Å². The number of nitrogens with one attached hydrogen (secondary N) is 2. The molecule has 112 valence electrons. The van der Waals surface area contributed by atoms with Crippen LogP contribution in [0, 0.1) is 5.92 Å². The number of carbonyl (C=O) groups is 2. The van der Waals surface area contributed by atoms with Gasteiger partial charge in [0.2, 0.25) is 5.91 Å². The molecule has 2 aromatic rings. The van der Waals surface area contributed by atoms with E-state index >= 15 is 0 Å². The number of nitrogens with zero attached hydrogens (tertiary/aromatic N) is 1. The van der Waals surface area contributed by atoms with Crippen molar-refractivity contribution in [3.63, 3.8) is 0 Å². The Kier molecular flexibility index (Phi) is 4.42. The van der Waals surface area contributed by atoms with Crippen LogP contribution in [0.1, 0.15) is 13.3 Å². The number of carboxylic acid groups (broad SMARTS) is 1. The third-order valence-corrected chi connectivity index (χ3v) is 3.15.